The summed E-state index contributed by atoms with van der Waals surface area (Å²) in [4.78, 5) is 31.5. The molecule has 6 nitrogen and oxygen atoms in total. The van der Waals surface area contributed by atoms with Crippen molar-refractivity contribution >= 4 is 35.0 Å². The van der Waals surface area contributed by atoms with Crippen LogP contribution in [-0.4, -0.2) is 23.8 Å². The fourth-order valence-corrected chi connectivity index (χ4v) is 4.90. The highest BCUT2D eigenvalue weighted by Gasteiger charge is 2.33. The van der Waals surface area contributed by atoms with E-state index in [0.29, 0.717) is 32.2 Å². The molecule has 4 rings (SSSR count). The number of allylic oxidation sites excluding steroid dienone is 1. The number of thiazole rings is 1. The minimum absolute atomic E-state index is 0.220. The van der Waals surface area contributed by atoms with Gasteiger partial charge in [-0.05, 0) is 62.2 Å². The van der Waals surface area contributed by atoms with E-state index in [1.54, 1.807) is 30.5 Å². The molecule has 33 heavy (non-hydrogen) atoms. The van der Waals surface area contributed by atoms with Crippen LogP contribution < -0.4 is 19.6 Å². The van der Waals surface area contributed by atoms with Crippen LogP contribution in [0.3, 0.4) is 0 Å². The van der Waals surface area contributed by atoms with Gasteiger partial charge in [0.15, 0.2) is 4.80 Å². The van der Waals surface area contributed by atoms with Crippen LogP contribution >= 0.6 is 22.9 Å². The Morgan fingerprint density at radius 2 is 1.82 bits per heavy atom. The van der Waals surface area contributed by atoms with E-state index >= 15 is 0 Å². The highest BCUT2D eigenvalue weighted by atomic mass is 35.5. The lowest BCUT2D eigenvalue weighted by Gasteiger charge is -2.24. The third kappa shape index (κ3) is 4.65. The van der Waals surface area contributed by atoms with Crippen molar-refractivity contribution < 1.29 is 14.3 Å². The minimum Gasteiger partial charge on any atom is -0.494 e. The Morgan fingerprint density at radius 3 is 2.45 bits per heavy atom. The summed E-state index contributed by atoms with van der Waals surface area (Å²) in [6.07, 6.45) is 1.82. The van der Waals surface area contributed by atoms with Crippen LogP contribution in [0.25, 0.3) is 6.08 Å². The second kappa shape index (κ2) is 9.77. The van der Waals surface area contributed by atoms with Gasteiger partial charge in [-0.15, -0.1) is 0 Å². The molecule has 0 spiro atoms. The van der Waals surface area contributed by atoms with Crippen molar-refractivity contribution in [3.05, 3.63) is 95.6 Å². The molecule has 1 aliphatic rings. The summed E-state index contributed by atoms with van der Waals surface area (Å²) in [7, 11) is 0. The largest absolute Gasteiger partial charge is 0.494 e. The normalized spacial score (nSPS) is 15.8. The third-order valence-corrected chi connectivity index (χ3v) is 6.43. The average Bonchev–Trinajstić information content (AvgIpc) is 3.09. The third-order valence-electron chi connectivity index (χ3n) is 5.19. The quantitative estimate of drug-likeness (QED) is 0.500. The van der Waals surface area contributed by atoms with E-state index in [0.717, 1.165) is 16.9 Å². The van der Waals surface area contributed by atoms with E-state index in [1.807, 2.05) is 49.4 Å². The van der Waals surface area contributed by atoms with Gasteiger partial charge in [0.2, 0.25) is 0 Å². The topological polar surface area (TPSA) is 69.9 Å². The Balaban J connectivity index is 1.88. The molecule has 8 heteroatoms. The summed E-state index contributed by atoms with van der Waals surface area (Å²) >= 11 is 7.37. The number of carbonyl (C=O) groups excluding carboxylic acids is 1. The molecule has 1 atom stereocenters. The zero-order chi connectivity index (χ0) is 23.5. The van der Waals surface area contributed by atoms with Crippen molar-refractivity contribution in [2.24, 2.45) is 4.99 Å². The van der Waals surface area contributed by atoms with Gasteiger partial charge >= 0.3 is 5.97 Å². The van der Waals surface area contributed by atoms with Crippen molar-refractivity contribution in [2.75, 3.05) is 13.2 Å². The maximum absolute atomic E-state index is 13.5. The minimum atomic E-state index is -0.653. The van der Waals surface area contributed by atoms with Crippen LogP contribution in [0.1, 0.15) is 37.9 Å². The Morgan fingerprint density at radius 1 is 1.12 bits per heavy atom. The van der Waals surface area contributed by atoms with E-state index in [4.69, 9.17) is 21.1 Å². The lowest BCUT2D eigenvalue weighted by Crippen LogP contribution is -2.39. The van der Waals surface area contributed by atoms with Gasteiger partial charge in [-0.3, -0.25) is 9.36 Å². The summed E-state index contributed by atoms with van der Waals surface area (Å²) in [6, 6.07) is 14.0. The summed E-state index contributed by atoms with van der Waals surface area (Å²) in [5, 5.41) is 0.569. The number of hydrogen-bond acceptors (Lipinski definition) is 6. The summed E-state index contributed by atoms with van der Waals surface area (Å²) < 4.78 is 12.9. The number of nitrogens with zero attached hydrogens (tertiary/aromatic N) is 2. The first kappa shape index (κ1) is 23.0. The number of benzene rings is 2. The molecule has 0 N–H and O–H groups in total. The van der Waals surface area contributed by atoms with E-state index in [2.05, 4.69) is 4.99 Å². The monoisotopic (exact) mass is 482 g/mol. The second-order valence-electron chi connectivity index (χ2n) is 7.36. The number of hydrogen-bond donors (Lipinski definition) is 0. The predicted octanol–water partition coefficient (Wildman–Crippen LogP) is 3.85. The van der Waals surface area contributed by atoms with E-state index < -0.39 is 12.0 Å². The molecule has 0 amide bonds. The lowest BCUT2D eigenvalue weighted by molar-refractivity contribution is -0.139. The van der Waals surface area contributed by atoms with Crippen molar-refractivity contribution in [3.8, 4) is 5.75 Å². The number of carbonyl (C=O) groups is 1. The van der Waals surface area contributed by atoms with Crippen LogP contribution in [0.2, 0.25) is 5.02 Å². The zero-order valence-corrected chi connectivity index (χ0v) is 20.1. The highest BCUT2D eigenvalue weighted by Crippen LogP contribution is 2.31. The molecule has 2 heterocycles. The van der Waals surface area contributed by atoms with Crippen LogP contribution in [0, 0.1) is 0 Å². The predicted molar refractivity (Wildman–Crippen MR) is 129 cm³/mol. The number of ether oxygens (including phenoxy) is 2. The fourth-order valence-electron chi connectivity index (χ4n) is 3.73. The first-order valence-electron chi connectivity index (χ1n) is 10.6. The highest BCUT2D eigenvalue weighted by molar-refractivity contribution is 7.07. The van der Waals surface area contributed by atoms with E-state index in [-0.39, 0.29) is 12.2 Å². The molecular weight excluding hydrogens is 460 g/mol. The molecule has 0 saturated heterocycles. The van der Waals surface area contributed by atoms with Gasteiger partial charge < -0.3 is 9.47 Å². The Hall–Kier alpha value is -3.16. The fraction of sp³-hybridized carbons (Fsp3) is 0.240. The van der Waals surface area contributed by atoms with Crippen molar-refractivity contribution in [3.63, 3.8) is 0 Å². The number of rotatable bonds is 6. The average molecular weight is 483 g/mol. The molecule has 3 aromatic rings. The summed E-state index contributed by atoms with van der Waals surface area (Å²) in [5.41, 5.74) is 2.28. The van der Waals surface area contributed by atoms with Gasteiger partial charge in [0.05, 0.1) is 35.1 Å². The van der Waals surface area contributed by atoms with Crippen LogP contribution in [0.15, 0.2) is 69.6 Å². The molecule has 0 radical (unpaired) electrons. The molecular formula is C25H23ClN2O4S. The standard InChI is InChI=1S/C25H23ClN2O4S/c1-4-31-19-12-6-16(7-13-19)14-20-23(29)28-22(17-8-10-18(26)11-9-17)21(24(30)32-5-2)15(3)27-25(28)33-20/h6-14,22H,4-5H2,1-3H3. The second-order valence-corrected chi connectivity index (χ2v) is 8.80. The molecule has 0 aliphatic carbocycles. The summed E-state index contributed by atoms with van der Waals surface area (Å²) in [6.45, 7) is 6.25. The SMILES string of the molecule is CCOC(=O)C1=C(C)N=c2sc(=Cc3ccc(OCC)cc3)c(=O)n2C1c1ccc(Cl)cc1. The van der Waals surface area contributed by atoms with Crippen LogP contribution in [0.5, 0.6) is 5.75 Å². The smallest absolute Gasteiger partial charge is 0.338 e. The molecule has 0 fully saturated rings. The Labute approximate surface area is 200 Å². The lowest BCUT2D eigenvalue weighted by atomic mass is 9.96. The summed E-state index contributed by atoms with van der Waals surface area (Å²) in [5.74, 6) is 0.285. The molecule has 1 unspecified atom stereocenters. The van der Waals surface area contributed by atoms with Gasteiger partial charge in [0, 0.05) is 5.02 Å². The molecule has 0 saturated carbocycles. The molecule has 1 aromatic heterocycles. The number of fused-ring (bicyclic) bond motifs is 1. The van der Waals surface area contributed by atoms with Crippen LogP contribution in [-0.2, 0) is 9.53 Å². The first-order valence-corrected chi connectivity index (χ1v) is 11.8. The van der Waals surface area contributed by atoms with Gasteiger partial charge in [-0.2, -0.15) is 0 Å². The molecule has 0 bridgehead atoms. The number of halogens is 1. The van der Waals surface area contributed by atoms with E-state index in [9.17, 15) is 9.59 Å². The van der Waals surface area contributed by atoms with Crippen molar-refractivity contribution in [2.45, 2.75) is 26.8 Å². The van der Waals surface area contributed by atoms with Crippen molar-refractivity contribution in [1.82, 2.24) is 4.57 Å². The molecule has 2 aromatic carbocycles. The van der Waals surface area contributed by atoms with Gasteiger partial charge in [-0.25, -0.2) is 9.79 Å². The van der Waals surface area contributed by atoms with Crippen LogP contribution in [0.4, 0.5) is 0 Å². The van der Waals surface area contributed by atoms with Gasteiger partial charge in [-0.1, -0.05) is 47.2 Å². The Kier molecular flexibility index (Phi) is 6.81. The number of esters is 1. The van der Waals surface area contributed by atoms with Crippen molar-refractivity contribution in [1.29, 1.82) is 0 Å². The Bertz CT molecular complexity index is 1390. The maximum Gasteiger partial charge on any atom is 0.338 e. The maximum atomic E-state index is 13.5. The molecule has 170 valence electrons. The first-order chi connectivity index (χ1) is 15.9. The van der Waals surface area contributed by atoms with Gasteiger partial charge in [0.25, 0.3) is 5.56 Å². The van der Waals surface area contributed by atoms with E-state index in [1.165, 1.54) is 11.3 Å². The zero-order valence-electron chi connectivity index (χ0n) is 18.5. The molecule has 1 aliphatic heterocycles. The number of aromatic nitrogens is 1. The van der Waals surface area contributed by atoms with Gasteiger partial charge in [0.1, 0.15) is 5.75 Å².